The molecule has 2 atom stereocenters. The zero-order valence-corrected chi connectivity index (χ0v) is 12.9. The van der Waals surface area contributed by atoms with Crippen molar-refractivity contribution in [3.8, 4) is 5.75 Å². The van der Waals surface area contributed by atoms with Crippen LogP contribution in [-0.4, -0.2) is 37.4 Å². The van der Waals surface area contributed by atoms with Gasteiger partial charge >= 0.3 is 0 Å². The van der Waals surface area contributed by atoms with Crippen molar-refractivity contribution in [3.63, 3.8) is 0 Å². The Balaban J connectivity index is 1.98. The van der Waals surface area contributed by atoms with Crippen LogP contribution in [0.2, 0.25) is 0 Å². The van der Waals surface area contributed by atoms with Crippen LogP contribution in [0.25, 0.3) is 0 Å². The molecule has 2 aliphatic heterocycles. The highest BCUT2D eigenvalue weighted by Gasteiger charge is 2.48. The summed E-state index contributed by atoms with van der Waals surface area (Å²) in [4.78, 5) is 6.69. The van der Waals surface area contributed by atoms with Gasteiger partial charge < -0.3 is 20.1 Å². The molecule has 0 aliphatic carbocycles. The van der Waals surface area contributed by atoms with Crippen LogP contribution in [0.5, 0.6) is 5.75 Å². The minimum absolute atomic E-state index is 0.0759. The molecule has 5 heteroatoms. The van der Waals surface area contributed by atoms with E-state index >= 15 is 0 Å². The predicted molar refractivity (Wildman–Crippen MR) is 83.9 cm³/mol. The Labute approximate surface area is 125 Å². The lowest BCUT2D eigenvalue weighted by Crippen LogP contribution is -2.57. The van der Waals surface area contributed by atoms with Gasteiger partial charge in [0.1, 0.15) is 5.75 Å². The average molecular weight is 289 g/mol. The molecule has 0 saturated carbocycles. The van der Waals surface area contributed by atoms with Crippen molar-refractivity contribution in [3.05, 3.63) is 24.3 Å². The number of benzene rings is 1. The normalized spacial score (nSPS) is 32.3. The van der Waals surface area contributed by atoms with Crippen molar-refractivity contribution < 1.29 is 9.47 Å². The molecule has 0 amide bonds. The highest BCUT2D eigenvalue weighted by Crippen LogP contribution is 2.40. The smallest absolute Gasteiger partial charge is 0.196 e. The molecule has 1 aromatic carbocycles. The second-order valence-electron chi connectivity index (χ2n) is 6.10. The molecule has 2 unspecified atom stereocenters. The van der Waals surface area contributed by atoms with Crippen molar-refractivity contribution >= 4 is 11.6 Å². The molecule has 114 valence electrons. The topological polar surface area (TPSA) is 60.1 Å². The maximum absolute atomic E-state index is 6.19. The molecule has 1 fully saturated rings. The first kappa shape index (κ1) is 14.2. The first-order valence-electron chi connectivity index (χ1n) is 7.44. The number of ether oxygens (including phenoxy) is 2. The molecule has 5 nitrogen and oxygen atoms in total. The van der Waals surface area contributed by atoms with E-state index in [9.17, 15) is 0 Å². The third-order valence-corrected chi connectivity index (χ3v) is 4.35. The maximum Gasteiger partial charge on any atom is 0.196 e. The fourth-order valence-corrected chi connectivity index (χ4v) is 3.73. The second kappa shape index (κ2) is 5.22. The largest absolute Gasteiger partial charge is 0.497 e. The van der Waals surface area contributed by atoms with Crippen molar-refractivity contribution in [1.29, 1.82) is 0 Å². The number of nitrogens with two attached hydrogens (primary N) is 1. The van der Waals surface area contributed by atoms with Gasteiger partial charge in [0.05, 0.1) is 31.4 Å². The zero-order chi connectivity index (χ0) is 15.0. The van der Waals surface area contributed by atoms with Gasteiger partial charge in [-0.25, -0.2) is 0 Å². The molecule has 1 saturated heterocycles. The molecular formula is C16H23N3O2. The molecule has 3 rings (SSSR count). The molecule has 0 radical (unpaired) electrons. The van der Waals surface area contributed by atoms with E-state index in [-0.39, 0.29) is 17.7 Å². The molecule has 2 aliphatic rings. The van der Waals surface area contributed by atoms with Crippen molar-refractivity contribution in [2.45, 2.75) is 44.4 Å². The van der Waals surface area contributed by atoms with Gasteiger partial charge in [0, 0.05) is 11.8 Å². The Kier molecular flexibility index (Phi) is 3.53. The van der Waals surface area contributed by atoms with Crippen LogP contribution < -0.4 is 15.4 Å². The van der Waals surface area contributed by atoms with Gasteiger partial charge in [0.2, 0.25) is 0 Å². The lowest BCUT2D eigenvalue weighted by molar-refractivity contribution is -0.0559. The highest BCUT2D eigenvalue weighted by molar-refractivity contribution is 5.98. The van der Waals surface area contributed by atoms with Crippen LogP contribution in [0.15, 0.2) is 29.3 Å². The number of hydrogen-bond acceptors (Lipinski definition) is 5. The summed E-state index contributed by atoms with van der Waals surface area (Å²) in [6.07, 6.45) is 2.28. The quantitative estimate of drug-likeness (QED) is 0.906. The number of aliphatic imine (C=N–C) groups is 1. The summed E-state index contributed by atoms with van der Waals surface area (Å²) < 4.78 is 11.2. The Hall–Kier alpha value is -1.75. The molecule has 0 bridgehead atoms. The first-order chi connectivity index (χ1) is 10.0. The molecule has 1 spiro atoms. The van der Waals surface area contributed by atoms with Crippen LogP contribution in [0.4, 0.5) is 5.69 Å². The first-order valence-corrected chi connectivity index (χ1v) is 7.44. The van der Waals surface area contributed by atoms with Gasteiger partial charge in [-0.1, -0.05) is 6.07 Å². The Morgan fingerprint density at radius 2 is 2.05 bits per heavy atom. The highest BCUT2D eigenvalue weighted by atomic mass is 16.5. The molecule has 21 heavy (non-hydrogen) atoms. The summed E-state index contributed by atoms with van der Waals surface area (Å²) >= 11 is 0. The third-order valence-electron chi connectivity index (χ3n) is 4.35. The Bertz CT molecular complexity index is 548. The third kappa shape index (κ3) is 2.46. The number of methoxy groups -OCH3 is 1. The van der Waals surface area contributed by atoms with E-state index in [1.54, 1.807) is 7.11 Å². The number of guanidine groups is 1. The minimum atomic E-state index is -0.0759. The molecule has 0 aromatic heterocycles. The summed E-state index contributed by atoms with van der Waals surface area (Å²) in [5.74, 6) is 1.42. The van der Waals surface area contributed by atoms with Crippen molar-refractivity contribution in [2.75, 3.05) is 18.6 Å². The average Bonchev–Trinajstić information content (AvgIpc) is 2.73. The SMILES string of the molecule is COc1cccc(N2C(N)=NCC23CC(C)OC(C)C3)c1. The van der Waals surface area contributed by atoms with E-state index in [0.717, 1.165) is 30.8 Å². The van der Waals surface area contributed by atoms with E-state index in [0.29, 0.717) is 5.96 Å². The van der Waals surface area contributed by atoms with Crippen LogP contribution in [-0.2, 0) is 4.74 Å². The lowest BCUT2D eigenvalue weighted by Gasteiger charge is -2.46. The van der Waals surface area contributed by atoms with Gasteiger partial charge in [-0.3, -0.25) is 4.99 Å². The van der Waals surface area contributed by atoms with Gasteiger partial charge in [-0.05, 0) is 38.8 Å². The van der Waals surface area contributed by atoms with E-state index in [1.807, 2.05) is 18.2 Å². The van der Waals surface area contributed by atoms with Crippen LogP contribution in [0, 0.1) is 0 Å². The van der Waals surface area contributed by atoms with Crippen LogP contribution in [0.3, 0.4) is 0 Å². The zero-order valence-electron chi connectivity index (χ0n) is 12.9. The van der Waals surface area contributed by atoms with E-state index in [4.69, 9.17) is 15.2 Å². The monoisotopic (exact) mass is 289 g/mol. The second-order valence-corrected chi connectivity index (χ2v) is 6.10. The molecular weight excluding hydrogens is 266 g/mol. The number of anilines is 1. The minimum Gasteiger partial charge on any atom is -0.497 e. The number of nitrogens with zero attached hydrogens (tertiary/aromatic N) is 2. The summed E-state index contributed by atoms with van der Waals surface area (Å²) in [6.45, 7) is 4.97. The fourth-order valence-electron chi connectivity index (χ4n) is 3.73. The van der Waals surface area contributed by atoms with Crippen molar-refractivity contribution in [1.82, 2.24) is 0 Å². The van der Waals surface area contributed by atoms with Gasteiger partial charge in [-0.2, -0.15) is 0 Å². The standard InChI is InChI=1S/C16H23N3O2/c1-11-8-16(9-12(2)21-11)10-18-15(17)19(16)13-5-4-6-14(7-13)20-3/h4-7,11-12H,8-10H2,1-3H3,(H2,17,18). The summed E-state index contributed by atoms with van der Waals surface area (Å²) in [5, 5.41) is 0. The maximum atomic E-state index is 6.19. The lowest BCUT2D eigenvalue weighted by atomic mass is 9.83. The molecule has 1 aromatic rings. The van der Waals surface area contributed by atoms with Crippen LogP contribution in [0.1, 0.15) is 26.7 Å². The van der Waals surface area contributed by atoms with E-state index < -0.39 is 0 Å². The summed E-state index contributed by atoms with van der Waals surface area (Å²) in [5.41, 5.74) is 7.15. The van der Waals surface area contributed by atoms with Crippen molar-refractivity contribution in [2.24, 2.45) is 10.7 Å². The molecule has 2 N–H and O–H groups in total. The predicted octanol–water partition coefficient (Wildman–Crippen LogP) is 2.16. The van der Waals surface area contributed by atoms with Gasteiger partial charge in [0.25, 0.3) is 0 Å². The molecule has 2 heterocycles. The Morgan fingerprint density at radius 3 is 2.71 bits per heavy atom. The summed E-state index contributed by atoms with van der Waals surface area (Å²) in [6, 6.07) is 8.00. The Morgan fingerprint density at radius 1 is 1.33 bits per heavy atom. The van der Waals surface area contributed by atoms with Crippen LogP contribution >= 0.6 is 0 Å². The van der Waals surface area contributed by atoms with E-state index in [1.165, 1.54) is 0 Å². The van der Waals surface area contributed by atoms with Gasteiger partial charge in [-0.15, -0.1) is 0 Å². The van der Waals surface area contributed by atoms with Gasteiger partial charge in [0.15, 0.2) is 5.96 Å². The number of hydrogen-bond donors (Lipinski definition) is 1. The fraction of sp³-hybridized carbons (Fsp3) is 0.562. The summed E-state index contributed by atoms with van der Waals surface area (Å²) in [7, 11) is 1.68. The number of rotatable bonds is 2. The van der Waals surface area contributed by atoms with E-state index in [2.05, 4.69) is 29.8 Å².